The summed E-state index contributed by atoms with van der Waals surface area (Å²) in [5, 5.41) is 10.2. The molecule has 0 saturated carbocycles. The van der Waals surface area contributed by atoms with Crippen molar-refractivity contribution < 1.29 is 19.5 Å². The monoisotopic (exact) mass is 371 g/mol. The normalized spacial score (nSPS) is 18.2. The number of carbonyl (C=O) groups is 3. The summed E-state index contributed by atoms with van der Waals surface area (Å²) in [6, 6.07) is 14.9. The van der Waals surface area contributed by atoms with Crippen molar-refractivity contribution in [1.82, 2.24) is 4.90 Å². The average Bonchev–Trinajstić information content (AvgIpc) is 2.89. The summed E-state index contributed by atoms with van der Waals surface area (Å²) in [5.74, 6) is -2.57. The topological polar surface area (TPSA) is 74.7 Å². The van der Waals surface area contributed by atoms with E-state index in [1.165, 1.54) is 0 Å². The second kappa shape index (κ2) is 7.70. The van der Waals surface area contributed by atoms with Gasteiger partial charge in [-0.25, -0.2) is 4.79 Å². The molecule has 1 aliphatic rings. The number of carbonyl (C=O) groups excluding carboxylic acids is 2. The van der Waals surface area contributed by atoms with Crippen LogP contribution in [0, 0.1) is 5.92 Å². The van der Waals surface area contributed by atoms with Gasteiger partial charge < -0.3 is 5.11 Å². The number of benzene rings is 2. The molecule has 26 heavy (non-hydrogen) atoms. The van der Waals surface area contributed by atoms with E-state index in [-0.39, 0.29) is 12.8 Å². The summed E-state index contributed by atoms with van der Waals surface area (Å²) in [6.07, 6.45) is 0.511. The molecule has 0 aromatic heterocycles. The van der Waals surface area contributed by atoms with Gasteiger partial charge in [0.05, 0.1) is 5.92 Å². The van der Waals surface area contributed by atoms with Crippen LogP contribution in [0.3, 0.4) is 0 Å². The van der Waals surface area contributed by atoms with Crippen molar-refractivity contribution in [1.29, 1.82) is 0 Å². The van der Waals surface area contributed by atoms with E-state index in [9.17, 15) is 19.5 Å². The lowest BCUT2D eigenvalue weighted by molar-refractivity contribution is -0.154. The lowest BCUT2D eigenvalue weighted by Crippen LogP contribution is -2.46. The highest BCUT2D eigenvalue weighted by molar-refractivity contribution is 6.30. The fraction of sp³-hybridized carbons (Fsp3) is 0.250. The van der Waals surface area contributed by atoms with Crippen LogP contribution >= 0.6 is 11.6 Å². The van der Waals surface area contributed by atoms with Crippen molar-refractivity contribution >= 4 is 29.4 Å². The molecule has 5 nitrogen and oxygen atoms in total. The molecule has 2 aromatic carbocycles. The Hall–Kier alpha value is -2.66. The van der Waals surface area contributed by atoms with Gasteiger partial charge in [0.25, 0.3) is 0 Å². The molecule has 2 unspecified atom stereocenters. The number of hydrogen-bond donors (Lipinski definition) is 1. The maximum atomic E-state index is 12.7. The van der Waals surface area contributed by atoms with Crippen LogP contribution in [-0.2, 0) is 27.2 Å². The fourth-order valence-corrected chi connectivity index (χ4v) is 3.36. The van der Waals surface area contributed by atoms with Crippen LogP contribution in [-0.4, -0.2) is 33.8 Å². The van der Waals surface area contributed by atoms with Gasteiger partial charge in [-0.2, -0.15) is 0 Å². The SMILES string of the molecule is O=C(O)C(Cc1ccccc1)N1C(=O)CC(Cc2ccc(Cl)cc2)C1=O. The van der Waals surface area contributed by atoms with Gasteiger partial charge in [-0.05, 0) is 29.7 Å². The Kier molecular flexibility index (Phi) is 5.38. The number of imide groups is 1. The Morgan fingerprint density at radius 2 is 1.73 bits per heavy atom. The van der Waals surface area contributed by atoms with E-state index in [4.69, 9.17) is 11.6 Å². The van der Waals surface area contributed by atoms with E-state index in [0.717, 1.165) is 16.0 Å². The molecule has 3 rings (SSSR count). The molecule has 0 spiro atoms. The Balaban J connectivity index is 1.77. The first-order valence-corrected chi connectivity index (χ1v) is 8.70. The molecule has 1 aliphatic heterocycles. The summed E-state index contributed by atoms with van der Waals surface area (Å²) in [6.45, 7) is 0. The minimum Gasteiger partial charge on any atom is -0.480 e. The number of carboxylic acids is 1. The summed E-state index contributed by atoms with van der Waals surface area (Å²) < 4.78 is 0. The number of rotatable bonds is 6. The van der Waals surface area contributed by atoms with Crippen molar-refractivity contribution in [2.75, 3.05) is 0 Å². The van der Waals surface area contributed by atoms with Gasteiger partial charge in [0.2, 0.25) is 11.8 Å². The Morgan fingerprint density at radius 1 is 1.08 bits per heavy atom. The first-order valence-electron chi connectivity index (χ1n) is 8.33. The van der Waals surface area contributed by atoms with Gasteiger partial charge >= 0.3 is 5.97 Å². The molecule has 134 valence electrons. The van der Waals surface area contributed by atoms with Gasteiger partial charge in [-0.3, -0.25) is 14.5 Å². The zero-order valence-electron chi connectivity index (χ0n) is 14.0. The lowest BCUT2D eigenvalue weighted by Gasteiger charge is -2.23. The van der Waals surface area contributed by atoms with Crippen LogP contribution in [0.5, 0.6) is 0 Å². The maximum Gasteiger partial charge on any atom is 0.327 e. The third-order valence-electron chi connectivity index (χ3n) is 4.54. The largest absolute Gasteiger partial charge is 0.480 e. The molecular weight excluding hydrogens is 354 g/mol. The Labute approximate surface area is 156 Å². The Morgan fingerprint density at radius 3 is 2.35 bits per heavy atom. The highest BCUT2D eigenvalue weighted by Gasteiger charge is 2.44. The van der Waals surface area contributed by atoms with Crippen LogP contribution in [0.2, 0.25) is 5.02 Å². The Bertz CT molecular complexity index is 819. The van der Waals surface area contributed by atoms with E-state index in [1.807, 2.05) is 6.07 Å². The third-order valence-corrected chi connectivity index (χ3v) is 4.79. The number of hydrogen-bond acceptors (Lipinski definition) is 3. The van der Waals surface area contributed by atoms with Crippen molar-refractivity contribution in [3.8, 4) is 0 Å². The van der Waals surface area contributed by atoms with Crippen LogP contribution in [0.25, 0.3) is 0 Å². The molecule has 2 atom stereocenters. The number of amides is 2. The number of aliphatic carboxylic acids is 1. The van der Waals surface area contributed by atoms with Crippen molar-refractivity contribution in [2.45, 2.75) is 25.3 Å². The van der Waals surface area contributed by atoms with Crippen LogP contribution < -0.4 is 0 Å². The van der Waals surface area contributed by atoms with E-state index < -0.39 is 29.7 Å². The van der Waals surface area contributed by atoms with E-state index in [0.29, 0.717) is 11.4 Å². The van der Waals surface area contributed by atoms with E-state index in [2.05, 4.69) is 0 Å². The highest BCUT2D eigenvalue weighted by Crippen LogP contribution is 2.27. The van der Waals surface area contributed by atoms with Crippen LogP contribution in [0.4, 0.5) is 0 Å². The maximum absolute atomic E-state index is 12.7. The third kappa shape index (κ3) is 3.94. The second-order valence-corrected chi connectivity index (χ2v) is 6.81. The number of likely N-dealkylation sites (tertiary alicyclic amines) is 1. The lowest BCUT2D eigenvalue weighted by atomic mass is 9.98. The molecule has 1 saturated heterocycles. The molecule has 6 heteroatoms. The molecule has 0 bridgehead atoms. The molecule has 2 amide bonds. The summed E-state index contributed by atoms with van der Waals surface area (Å²) in [4.78, 5) is 37.8. The molecule has 1 heterocycles. The van der Waals surface area contributed by atoms with Gasteiger partial charge in [0.1, 0.15) is 6.04 Å². The molecule has 1 N–H and O–H groups in total. The molecule has 2 aromatic rings. The number of nitrogens with zero attached hydrogens (tertiary/aromatic N) is 1. The minimum atomic E-state index is -1.19. The quantitative estimate of drug-likeness (QED) is 0.792. The zero-order valence-corrected chi connectivity index (χ0v) is 14.7. The standard InChI is InChI=1S/C20H18ClNO4/c21-16-8-6-14(7-9-16)10-15-12-18(23)22(19(15)24)17(20(25)26)11-13-4-2-1-3-5-13/h1-9,15,17H,10-12H2,(H,25,26). The van der Waals surface area contributed by atoms with Crippen LogP contribution in [0.1, 0.15) is 17.5 Å². The average molecular weight is 372 g/mol. The van der Waals surface area contributed by atoms with Crippen LogP contribution in [0.15, 0.2) is 54.6 Å². The van der Waals surface area contributed by atoms with E-state index >= 15 is 0 Å². The van der Waals surface area contributed by atoms with Gasteiger partial charge in [0, 0.05) is 17.9 Å². The summed E-state index contributed by atoms with van der Waals surface area (Å²) in [5.41, 5.74) is 1.65. The van der Waals surface area contributed by atoms with Crippen molar-refractivity contribution in [3.05, 3.63) is 70.7 Å². The summed E-state index contributed by atoms with van der Waals surface area (Å²) in [7, 11) is 0. The smallest absolute Gasteiger partial charge is 0.327 e. The molecule has 1 fully saturated rings. The van der Waals surface area contributed by atoms with Gasteiger partial charge in [-0.1, -0.05) is 54.1 Å². The van der Waals surface area contributed by atoms with Crippen molar-refractivity contribution in [2.24, 2.45) is 5.92 Å². The predicted octanol–water partition coefficient (Wildman–Crippen LogP) is 2.95. The fourth-order valence-electron chi connectivity index (χ4n) is 3.23. The summed E-state index contributed by atoms with van der Waals surface area (Å²) >= 11 is 5.86. The predicted molar refractivity (Wildman–Crippen MR) is 96.7 cm³/mol. The molecular formula is C20H18ClNO4. The van der Waals surface area contributed by atoms with Crippen molar-refractivity contribution in [3.63, 3.8) is 0 Å². The van der Waals surface area contributed by atoms with Gasteiger partial charge in [0.15, 0.2) is 0 Å². The molecule has 0 aliphatic carbocycles. The zero-order chi connectivity index (χ0) is 18.7. The first kappa shape index (κ1) is 18.1. The number of halogens is 1. The highest BCUT2D eigenvalue weighted by atomic mass is 35.5. The molecule has 0 radical (unpaired) electrons. The van der Waals surface area contributed by atoms with Gasteiger partial charge in [-0.15, -0.1) is 0 Å². The number of carboxylic acid groups (broad SMARTS) is 1. The first-order chi connectivity index (χ1) is 12.5. The second-order valence-electron chi connectivity index (χ2n) is 6.38. The van der Waals surface area contributed by atoms with E-state index in [1.54, 1.807) is 48.5 Å². The minimum absolute atomic E-state index is 0.0278.